The second kappa shape index (κ2) is 7.29. The Hall–Kier alpha value is -0.0800. The normalized spacial score (nSPS) is 29.8. The highest BCUT2D eigenvalue weighted by Gasteiger charge is 2.26. The maximum Gasteiger partial charge on any atom is 0.107 e. The predicted octanol–water partition coefficient (Wildman–Crippen LogP) is 3.40. The third kappa shape index (κ3) is 4.06. The Labute approximate surface area is 101 Å². The fraction of sp³-hybridized carbons (Fsp3) is 1.00. The van der Waals surface area contributed by atoms with Gasteiger partial charge in [-0.2, -0.15) is 0 Å². The zero-order chi connectivity index (χ0) is 12.0. The molecular weight excluding hydrogens is 198 g/mol. The van der Waals surface area contributed by atoms with E-state index < -0.39 is 0 Å². The Kier molecular flexibility index (Phi) is 6.37. The molecule has 3 unspecified atom stereocenters. The smallest absolute Gasteiger partial charge is 0.107 e. The topological polar surface area (TPSA) is 23.5 Å². The van der Waals surface area contributed by atoms with Crippen LogP contribution in [-0.2, 0) is 0 Å². The molecule has 0 aromatic carbocycles. The van der Waals surface area contributed by atoms with Crippen LogP contribution in [0.25, 0.3) is 0 Å². The van der Waals surface area contributed by atoms with E-state index in [1.165, 1.54) is 38.5 Å². The van der Waals surface area contributed by atoms with Crippen molar-refractivity contribution in [1.29, 1.82) is 0 Å². The molecule has 0 amide bonds. The molecule has 2 nitrogen and oxygen atoms in total. The molecule has 0 spiro atoms. The Morgan fingerprint density at radius 2 is 1.81 bits per heavy atom. The number of hydrogen-bond acceptors (Lipinski definition) is 2. The van der Waals surface area contributed by atoms with Gasteiger partial charge in [0.1, 0.15) is 6.23 Å². The van der Waals surface area contributed by atoms with E-state index in [2.05, 4.69) is 25.8 Å². The summed E-state index contributed by atoms with van der Waals surface area (Å²) in [6.07, 6.45) is 9.79. The molecule has 0 bridgehead atoms. The van der Waals surface area contributed by atoms with Crippen LogP contribution < -0.4 is 0 Å². The molecule has 0 heterocycles. The number of hydrogen-bond donors (Lipinski definition) is 1. The van der Waals surface area contributed by atoms with Crippen molar-refractivity contribution < 1.29 is 5.11 Å². The van der Waals surface area contributed by atoms with Crippen molar-refractivity contribution in [3.8, 4) is 0 Å². The van der Waals surface area contributed by atoms with Gasteiger partial charge >= 0.3 is 0 Å². The van der Waals surface area contributed by atoms with Gasteiger partial charge in [-0.3, -0.25) is 4.90 Å². The lowest BCUT2D eigenvalue weighted by atomic mass is 9.87. The van der Waals surface area contributed by atoms with Crippen LogP contribution in [-0.4, -0.2) is 29.3 Å². The molecule has 1 saturated carbocycles. The van der Waals surface area contributed by atoms with Gasteiger partial charge in [-0.1, -0.05) is 46.0 Å². The Morgan fingerprint density at radius 1 is 1.19 bits per heavy atom. The van der Waals surface area contributed by atoms with Gasteiger partial charge in [0.25, 0.3) is 0 Å². The minimum Gasteiger partial charge on any atom is -0.378 e. The number of nitrogens with zero attached hydrogens (tertiary/aromatic N) is 1. The lowest BCUT2D eigenvalue weighted by molar-refractivity contribution is -0.0314. The summed E-state index contributed by atoms with van der Waals surface area (Å²) >= 11 is 0. The Morgan fingerprint density at radius 3 is 2.44 bits per heavy atom. The van der Waals surface area contributed by atoms with Crippen LogP contribution in [0.5, 0.6) is 0 Å². The molecule has 0 aromatic rings. The maximum absolute atomic E-state index is 10.1. The van der Waals surface area contributed by atoms with E-state index in [0.717, 1.165) is 18.8 Å². The number of aliphatic hydroxyl groups is 1. The summed E-state index contributed by atoms with van der Waals surface area (Å²) in [5.41, 5.74) is 0. The minimum absolute atomic E-state index is 0.239. The van der Waals surface area contributed by atoms with Crippen LogP contribution in [0.1, 0.15) is 65.2 Å². The molecule has 1 aliphatic rings. The molecule has 1 aliphatic carbocycles. The standard InChI is InChI=1S/C14H29NO/c1-4-9-14(16)15(3)13-11-8-6-5-7-10-12(13)2/h12-14,16H,4-11H2,1-3H3. The van der Waals surface area contributed by atoms with E-state index in [-0.39, 0.29) is 6.23 Å². The molecule has 0 aliphatic heterocycles. The first-order chi connectivity index (χ1) is 7.66. The largest absolute Gasteiger partial charge is 0.378 e. The van der Waals surface area contributed by atoms with Crippen molar-refractivity contribution in [2.24, 2.45) is 5.92 Å². The van der Waals surface area contributed by atoms with Crippen molar-refractivity contribution in [3.63, 3.8) is 0 Å². The first-order valence-electron chi connectivity index (χ1n) is 7.06. The van der Waals surface area contributed by atoms with Gasteiger partial charge in [0.15, 0.2) is 0 Å². The fourth-order valence-electron chi connectivity index (χ4n) is 2.94. The fourth-order valence-corrected chi connectivity index (χ4v) is 2.94. The van der Waals surface area contributed by atoms with Crippen LogP contribution in [0, 0.1) is 5.92 Å². The summed E-state index contributed by atoms with van der Waals surface area (Å²) in [6, 6.07) is 0.585. The predicted molar refractivity (Wildman–Crippen MR) is 69.3 cm³/mol. The van der Waals surface area contributed by atoms with Crippen LogP contribution in [0.4, 0.5) is 0 Å². The van der Waals surface area contributed by atoms with Gasteiger partial charge in [0.05, 0.1) is 0 Å². The van der Waals surface area contributed by atoms with Crippen molar-refractivity contribution in [2.75, 3.05) is 7.05 Å². The van der Waals surface area contributed by atoms with Gasteiger partial charge in [-0.05, 0) is 32.2 Å². The van der Waals surface area contributed by atoms with Crippen molar-refractivity contribution in [1.82, 2.24) is 4.90 Å². The molecule has 1 N–H and O–H groups in total. The van der Waals surface area contributed by atoms with Crippen molar-refractivity contribution >= 4 is 0 Å². The summed E-state index contributed by atoms with van der Waals surface area (Å²) in [5, 5.41) is 10.1. The molecule has 2 heteroatoms. The summed E-state index contributed by atoms with van der Waals surface area (Å²) in [4.78, 5) is 2.22. The van der Waals surface area contributed by atoms with Crippen LogP contribution in [0.15, 0.2) is 0 Å². The molecule has 16 heavy (non-hydrogen) atoms. The lowest BCUT2D eigenvalue weighted by Crippen LogP contribution is -2.44. The third-order valence-electron chi connectivity index (χ3n) is 4.11. The molecule has 3 atom stereocenters. The lowest BCUT2D eigenvalue weighted by Gasteiger charge is -2.37. The number of aliphatic hydroxyl groups excluding tert-OH is 1. The molecule has 1 rings (SSSR count). The van der Waals surface area contributed by atoms with Gasteiger partial charge < -0.3 is 5.11 Å². The van der Waals surface area contributed by atoms with E-state index >= 15 is 0 Å². The zero-order valence-electron chi connectivity index (χ0n) is 11.3. The maximum atomic E-state index is 10.1. The van der Waals surface area contributed by atoms with Crippen LogP contribution in [0.3, 0.4) is 0 Å². The minimum atomic E-state index is -0.239. The monoisotopic (exact) mass is 227 g/mol. The molecule has 0 saturated heterocycles. The molecule has 0 aromatic heterocycles. The van der Waals surface area contributed by atoms with E-state index in [9.17, 15) is 5.11 Å². The van der Waals surface area contributed by atoms with E-state index in [4.69, 9.17) is 0 Å². The zero-order valence-corrected chi connectivity index (χ0v) is 11.3. The highest BCUT2D eigenvalue weighted by atomic mass is 16.3. The molecule has 96 valence electrons. The molecule has 0 radical (unpaired) electrons. The quantitative estimate of drug-likeness (QED) is 0.744. The highest BCUT2D eigenvalue weighted by molar-refractivity contribution is 4.78. The van der Waals surface area contributed by atoms with Crippen molar-refractivity contribution in [2.45, 2.75) is 77.5 Å². The van der Waals surface area contributed by atoms with Crippen LogP contribution in [0.2, 0.25) is 0 Å². The number of rotatable bonds is 4. The summed E-state index contributed by atoms with van der Waals surface area (Å²) < 4.78 is 0. The first kappa shape index (κ1) is 14.0. The van der Waals surface area contributed by atoms with E-state index in [0.29, 0.717) is 6.04 Å². The Bertz CT molecular complexity index is 184. The average molecular weight is 227 g/mol. The van der Waals surface area contributed by atoms with Gasteiger partial charge in [-0.25, -0.2) is 0 Å². The summed E-state index contributed by atoms with van der Waals surface area (Å²) in [7, 11) is 2.10. The van der Waals surface area contributed by atoms with E-state index in [1.807, 2.05) is 0 Å². The van der Waals surface area contributed by atoms with Crippen LogP contribution >= 0.6 is 0 Å². The van der Waals surface area contributed by atoms with E-state index in [1.54, 1.807) is 0 Å². The first-order valence-corrected chi connectivity index (χ1v) is 7.06. The van der Waals surface area contributed by atoms with Crippen molar-refractivity contribution in [3.05, 3.63) is 0 Å². The molecular formula is C14H29NO. The summed E-state index contributed by atoms with van der Waals surface area (Å²) in [5.74, 6) is 0.733. The average Bonchev–Trinajstić information content (AvgIpc) is 2.24. The summed E-state index contributed by atoms with van der Waals surface area (Å²) in [6.45, 7) is 4.49. The Balaban J connectivity index is 2.51. The second-order valence-electron chi connectivity index (χ2n) is 5.47. The van der Waals surface area contributed by atoms with Gasteiger partial charge in [0, 0.05) is 6.04 Å². The third-order valence-corrected chi connectivity index (χ3v) is 4.11. The van der Waals surface area contributed by atoms with Gasteiger partial charge in [-0.15, -0.1) is 0 Å². The highest BCUT2D eigenvalue weighted by Crippen LogP contribution is 2.27. The second-order valence-corrected chi connectivity index (χ2v) is 5.47. The SMILES string of the molecule is CCCC(O)N(C)C1CCCCCCC1C. The van der Waals surface area contributed by atoms with Gasteiger partial charge in [0.2, 0.25) is 0 Å². The molecule has 1 fully saturated rings.